The average molecular weight is 491 g/mol. The smallest absolute Gasteiger partial charge is 0.274 e. The summed E-state index contributed by atoms with van der Waals surface area (Å²) in [5, 5.41) is 25.6. The summed E-state index contributed by atoms with van der Waals surface area (Å²) in [6, 6.07) is 15.3. The molecule has 3 rings (SSSR count). The van der Waals surface area contributed by atoms with Crippen molar-refractivity contribution >= 4 is 23.0 Å². The average Bonchev–Trinajstić information content (AvgIpc) is 2.85. The van der Waals surface area contributed by atoms with Crippen LogP contribution in [-0.4, -0.2) is 58.1 Å². The number of phenolic OH excluding ortho intramolecular Hbond substituents is 2. The minimum Gasteiger partial charge on any atom is -0.504 e. The normalized spacial score (nSPS) is 11.4. The number of amides is 1. The van der Waals surface area contributed by atoms with Gasteiger partial charge >= 0.3 is 0 Å². The molecule has 0 spiro atoms. The fourth-order valence-electron chi connectivity index (χ4n) is 3.62. The Morgan fingerprint density at radius 1 is 1.03 bits per heavy atom. The van der Waals surface area contributed by atoms with Crippen molar-refractivity contribution in [2.24, 2.45) is 0 Å². The summed E-state index contributed by atoms with van der Waals surface area (Å²) < 4.78 is 0. The second-order valence-corrected chi connectivity index (χ2v) is 8.67. The Morgan fingerprint density at radius 2 is 1.81 bits per heavy atom. The van der Waals surface area contributed by atoms with E-state index in [2.05, 4.69) is 25.4 Å². The van der Waals surface area contributed by atoms with Crippen molar-refractivity contribution in [3.05, 3.63) is 83.9 Å². The van der Waals surface area contributed by atoms with Crippen LogP contribution in [0.15, 0.2) is 72.7 Å². The molecule has 1 amide bonds. The molecule has 3 aromatic rings. The van der Waals surface area contributed by atoms with E-state index in [1.54, 1.807) is 42.6 Å². The maximum Gasteiger partial charge on any atom is 0.274 e. The standard InChI is InChI=1S/C27H34N6O3/c1-4-26(30-20-11-13-24(34)25(35)16-20)33(15-7-14-32(2)3)18-19-10-12-23(29-17-19)27(36)31-22-9-6-5-8-21(22)28/h4-6,8-13,16-17,30,34-35H,7,14-15,18,28H2,1-3H3,(H,31,36)/b26-4-. The van der Waals surface area contributed by atoms with Gasteiger partial charge in [-0.1, -0.05) is 18.2 Å². The van der Waals surface area contributed by atoms with Gasteiger partial charge in [0.05, 0.1) is 11.4 Å². The van der Waals surface area contributed by atoms with Crippen molar-refractivity contribution in [1.82, 2.24) is 14.8 Å². The largest absolute Gasteiger partial charge is 0.504 e. The third-order valence-corrected chi connectivity index (χ3v) is 5.54. The highest BCUT2D eigenvalue weighted by molar-refractivity contribution is 6.04. The van der Waals surface area contributed by atoms with Crippen molar-refractivity contribution in [2.45, 2.75) is 19.9 Å². The monoisotopic (exact) mass is 490 g/mol. The van der Waals surface area contributed by atoms with E-state index in [0.29, 0.717) is 29.3 Å². The van der Waals surface area contributed by atoms with Gasteiger partial charge in [0, 0.05) is 31.0 Å². The van der Waals surface area contributed by atoms with Gasteiger partial charge in [0.2, 0.25) is 0 Å². The number of aromatic nitrogens is 1. The first-order valence-corrected chi connectivity index (χ1v) is 11.7. The van der Waals surface area contributed by atoms with Gasteiger partial charge in [-0.2, -0.15) is 0 Å². The predicted octanol–water partition coefficient (Wildman–Crippen LogP) is 4.05. The molecule has 0 atom stereocenters. The minimum atomic E-state index is -0.328. The van der Waals surface area contributed by atoms with Crippen LogP contribution in [0.4, 0.5) is 17.1 Å². The third kappa shape index (κ3) is 7.38. The highest BCUT2D eigenvalue weighted by Gasteiger charge is 2.14. The molecule has 36 heavy (non-hydrogen) atoms. The zero-order valence-corrected chi connectivity index (χ0v) is 20.9. The van der Waals surface area contributed by atoms with Crippen molar-refractivity contribution in [1.29, 1.82) is 0 Å². The van der Waals surface area contributed by atoms with E-state index in [4.69, 9.17) is 5.73 Å². The van der Waals surface area contributed by atoms with Crippen LogP contribution in [0, 0.1) is 0 Å². The first kappa shape index (κ1) is 26.4. The molecule has 0 radical (unpaired) electrons. The number of nitrogens with one attached hydrogen (secondary N) is 2. The topological polar surface area (TPSA) is 127 Å². The van der Waals surface area contributed by atoms with E-state index >= 15 is 0 Å². The van der Waals surface area contributed by atoms with E-state index in [0.717, 1.165) is 30.9 Å². The van der Waals surface area contributed by atoms with E-state index in [9.17, 15) is 15.0 Å². The Kier molecular flexibility index (Phi) is 9.13. The third-order valence-electron chi connectivity index (χ3n) is 5.54. The van der Waals surface area contributed by atoms with Gasteiger partial charge in [-0.15, -0.1) is 0 Å². The molecule has 2 aromatic carbocycles. The number of rotatable bonds is 11. The molecule has 6 N–H and O–H groups in total. The molecule has 1 aromatic heterocycles. The number of carbonyl (C=O) groups is 1. The Bertz CT molecular complexity index is 1190. The van der Waals surface area contributed by atoms with Gasteiger partial charge in [0.15, 0.2) is 11.5 Å². The lowest BCUT2D eigenvalue weighted by Gasteiger charge is -2.29. The van der Waals surface area contributed by atoms with Gasteiger partial charge in [-0.25, -0.2) is 0 Å². The molecule has 0 bridgehead atoms. The first-order valence-electron chi connectivity index (χ1n) is 11.7. The number of hydrogen-bond donors (Lipinski definition) is 5. The molecule has 0 aliphatic heterocycles. The van der Waals surface area contributed by atoms with Crippen LogP contribution in [0.25, 0.3) is 0 Å². The number of nitrogens with zero attached hydrogens (tertiary/aromatic N) is 3. The van der Waals surface area contributed by atoms with Gasteiger partial charge in [0.25, 0.3) is 5.91 Å². The fraction of sp³-hybridized carbons (Fsp3) is 0.259. The van der Waals surface area contributed by atoms with Crippen LogP contribution >= 0.6 is 0 Å². The van der Waals surface area contributed by atoms with Crippen molar-refractivity contribution in [2.75, 3.05) is 43.6 Å². The maximum absolute atomic E-state index is 12.6. The number of benzene rings is 2. The maximum atomic E-state index is 12.6. The highest BCUT2D eigenvalue weighted by Crippen LogP contribution is 2.28. The number of phenols is 2. The molecule has 9 heteroatoms. The van der Waals surface area contributed by atoms with E-state index in [-0.39, 0.29) is 17.4 Å². The quantitative estimate of drug-likeness (QED) is 0.155. The Morgan fingerprint density at radius 3 is 2.44 bits per heavy atom. The molecule has 0 fully saturated rings. The summed E-state index contributed by atoms with van der Waals surface area (Å²) in [7, 11) is 4.07. The molecule has 9 nitrogen and oxygen atoms in total. The van der Waals surface area contributed by atoms with Gasteiger partial charge in [-0.3, -0.25) is 9.78 Å². The second kappa shape index (κ2) is 12.5. The predicted molar refractivity (Wildman–Crippen MR) is 144 cm³/mol. The van der Waals surface area contributed by atoms with Crippen LogP contribution in [0.2, 0.25) is 0 Å². The number of aromatic hydroxyl groups is 2. The molecule has 0 aliphatic carbocycles. The lowest BCUT2D eigenvalue weighted by atomic mass is 10.2. The Balaban J connectivity index is 1.73. The first-order chi connectivity index (χ1) is 17.3. The number of allylic oxidation sites excluding steroid dienone is 1. The fourth-order valence-corrected chi connectivity index (χ4v) is 3.62. The summed E-state index contributed by atoms with van der Waals surface area (Å²) in [5.41, 5.74) is 8.84. The van der Waals surface area contributed by atoms with E-state index < -0.39 is 0 Å². The van der Waals surface area contributed by atoms with Crippen molar-refractivity contribution in [3.8, 4) is 11.5 Å². The number of nitrogen functional groups attached to an aromatic ring is 1. The van der Waals surface area contributed by atoms with E-state index in [1.807, 2.05) is 33.2 Å². The SMILES string of the molecule is C/C=C(/Nc1ccc(O)c(O)c1)N(CCCN(C)C)Cc1ccc(C(=O)Nc2ccccc2N)nc1. The van der Waals surface area contributed by atoms with Crippen LogP contribution in [0.3, 0.4) is 0 Å². The molecule has 190 valence electrons. The second-order valence-electron chi connectivity index (χ2n) is 8.67. The van der Waals surface area contributed by atoms with Gasteiger partial charge in [-0.05, 0) is 76.0 Å². The molecule has 0 aliphatic rings. The zero-order valence-electron chi connectivity index (χ0n) is 20.9. The molecule has 0 saturated carbocycles. The van der Waals surface area contributed by atoms with E-state index in [1.165, 1.54) is 12.1 Å². The zero-order chi connectivity index (χ0) is 26.1. The summed E-state index contributed by atoms with van der Waals surface area (Å²) in [4.78, 5) is 21.3. The number of nitrogens with two attached hydrogens (primary N) is 1. The lowest BCUT2D eigenvalue weighted by Crippen LogP contribution is -2.30. The summed E-state index contributed by atoms with van der Waals surface area (Å²) in [5.74, 6) is 0.158. The number of carbonyl (C=O) groups excluding carboxylic acids is 1. The number of para-hydroxylation sites is 2. The highest BCUT2D eigenvalue weighted by atomic mass is 16.3. The molecule has 0 saturated heterocycles. The summed E-state index contributed by atoms with van der Waals surface area (Å²) >= 11 is 0. The molecule has 1 heterocycles. The number of anilines is 3. The van der Waals surface area contributed by atoms with Gasteiger partial charge in [0.1, 0.15) is 11.5 Å². The van der Waals surface area contributed by atoms with Crippen molar-refractivity contribution < 1.29 is 15.0 Å². The molecular formula is C27H34N6O3. The molecule has 0 unspecified atom stereocenters. The summed E-state index contributed by atoms with van der Waals surface area (Å²) in [6.45, 7) is 4.19. The molecular weight excluding hydrogens is 456 g/mol. The van der Waals surface area contributed by atoms with Crippen LogP contribution < -0.4 is 16.4 Å². The number of pyridine rings is 1. The van der Waals surface area contributed by atoms with Gasteiger partial charge < -0.3 is 36.4 Å². The number of hydrogen-bond acceptors (Lipinski definition) is 8. The van der Waals surface area contributed by atoms with Crippen LogP contribution in [0.5, 0.6) is 11.5 Å². The minimum absolute atomic E-state index is 0.171. The van der Waals surface area contributed by atoms with Crippen LogP contribution in [0.1, 0.15) is 29.4 Å². The van der Waals surface area contributed by atoms with Crippen LogP contribution in [-0.2, 0) is 6.54 Å². The Labute approximate surface area is 211 Å². The summed E-state index contributed by atoms with van der Waals surface area (Å²) in [6.07, 6.45) is 4.58. The lowest BCUT2D eigenvalue weighted by molar-refractivity contribution is 0.102. The Hall–Kier alpha value is -4.24. The van der Waals surface area contributed by atoms with Crippen molar-refractivity contribution in [3.63, 3.8) is 0 Å².